The van der Waals surface area contributed by atoms with Crippen LogP contribution in [0.1, 0.15) is 31.9 Å². The maximum absolute atomic E-state index is 5.79. The van der Waals surface area contributed by atoms with Crippen molar-refractivity contribution < 1.29 is 9.47 Å². The summed E-state index contributed by atoms with van der Waals surface area (Å²) in [5.41, 5.74) is 1.56. The number of hydrogen-bond donors (Lipinski definition) is 0. The largest absolute Gasteiger partial charge is 0.497 e. The summed E-state index contributed by atoms with van der Waals surface area (Å²) in [7, 11) is 1.68. The topological polar surface area (TPSA) is 18.5 Å². The van der Waals surface area contributed by atoms with Gasteiger partial charge in [-0.15, -0.1) is 0 Å². The van der Waals surface area contributed by atoms with Gasteiger partial charge in [-0.3, -0.25) is 0 Å². The number of hydrogen-bond acceptors (Lipinski definition) is 2. The zero-order valence-electron chi connectivity index (χ0n) is 9.62. The molecule has 15 heavy (non-hydrogen) atoms. The average Bonchev–Trinajstić information content (AvgIpc) is 2.59. The Morgan fingerprint density at radius 3 is 2.40 bits per heavy atom. The highest BCUT2D eigenvalue weighted by atomic mass is 16.5. The summed E-state index contributed by atoms with van der Waals surface area (Å²) in [4.78, 5) is 0. The van der Waals surface area contributed by atoms with Gasteiger partial charge < -0.3 is 9.47 Å². The van der Waals surface area contributed by atoms with Crippen molar-refractivity contribution >= 4 is 0 Å². The molecule has 2 heteroatoms. The minimum atomic E-state index is 0.255. The molecular weight excluding hydrogens is 188 g/mol. The number of rotatable bonds is 2. The lowest BCUT2D eigenvalue weighted by Crippen LogP contribution is -2.08. The van der Waals surface area contributed by atoms with Crippen LogP contribution in [-0.4, -0.2) is 13.7 Å². The molecule has 2 nitrogen and oxygen atoms in total. The van der Waals surface area contributed by atoms with Crippen LogP contribution in [0.3, 0.4) is 0 Å². The van der Waals surface area contributed by atoms with Crippen LogP contribution in [0.15, 0.2) is 24.3 Å². The van der Waals surface area contributed by atoms with Gasteiger partial charge >= 0.3 is 0 Å². The summed E-state index contributed by atoms with van der Waals surface area (Å²) in [6.45, 7) is 5.34. The molecule has 82 valence electrons. The number of methoxy groups -OCH3 is 1. The predicted molar refractivity (Wildman–Crippen MR) is 60.1 cm³/mol. The Balaban J connectivity index is 2.11. The molecule has 1 aromatic carbocycles. The molecule has 0 aromatic heterocycles. The molecule has 0 radical (unpaired) electrons. The van der Waals surface area contributed by atoms with Crippen molar-refractivity contribution in [3.63, 3.8) is 0 Å². The van der Waals surface area contributed by atoms with Crippen LogP contribution in [-0.2, 0) is 4.74 Å². The molecular formula is C13H18O2. The summed E-state index contributed by atoms with van der Waals surface area (Å²) < 4.78 is 10.9. The van der Waals surface area contributed by atoms with Crippen LogP contribution in [0.5, 0.6) is 5.75 Å². The van der Waals surface area contributed by atoms with Gasteiger partial charge in [0.15, 0.2) is 0 Å². The first-order valence-corrected chi connectivity index (χ1v) is 5.36. The lowest BCUT2D eigenvalue weighted by atomic mass is 9.89. The summed E-state index contributed by atoms with van der Waals surface area (Å²) in [5.74, 6) is 0.899. The number of benzene rings is 1. The molecule has 0 spiro atoms. The second-order valence-corrected chi connectivity index (χ2v) is 4.94. The average molecular weight is 206 g/mol. The third kappa shape index (κ3) is 2.32. The summed E-state index contributed by atoms with van der Waals surface area (Å²) in [6, 6.07) is 8.16. The maximum Gasteiger partial charge on any atom is 0.118 e. The van der Waals surface area contributed by atoms with Crippen LogP contribution in [0, 0.1) is 5.41 Å². The van der Waals surface area contributed by atoms with Gasteiger partial charge in [0.1, 0.15) is 5.75 Å². The van der Waals surface area contributed by atoms with Crippen molar-refractivity contribution in [2.24, 2.45) is 5.41 Å². The Bertz CT molecular complexity index is 327. The van der Waals surface area contributed by atoms with E-state index in [1.54, 1.807) is 7.11 Å². The molecule has 1 aromatic rings. The normalized spacial score (nSPS) is 24.1. The lowest BCUT2D eigenvalue weighted by molar-refractivity contribution is 0.100. The van der Waals surface area contributed by atoms with Crippen LogP contribution in [0.4, 0.5) is 0 Å². The monoisotopic (exact) mass is 206 g/mol. The van der Waals surface area contributed by atoms with Gasteiger partial charge in [-0.2, -0.15) is 0 Å². The SMILES string of the molecule is COc1ccc([C@@H]2CC(C)(C)CO2)cc1. The first-order chi connectivity index (χ1) is 7.11. The van der Waals surface area contributed by atoms with Crippen LogP contribution in [0.25, 0.3) is 0 Å². The Hall–Kier alpha value is -1.02. The van der Waals surface area contributed by atoms with Crippen LogP contribution in [0.2, 0.25) is 0 Å². The molecule has 1 saturated heterocycles. The second-order valence-electron chi connectivity index (χ2n) is 4.94. The Morgan fingerprint density at radius 1 is 1.27 bits per heavy atom. The molecule has 0 unspecified atom stereocenters. The van der Waals surface area contributed by atoms with Gasteiger partial charge in [0.25, 0.3) is 0 Å². The van der Waals surface area contributed by atoms with Gasteiger partial charge in [0, 0.05) is 0 Å². The first kappa shape index (κ1) is 10.5. The van der Waals surface area contributed by atoms with Crippen molar-refractivity contribution in [3.8, 4) is 5.75 Å². The molecule has 1 atom stereocenters. The molecule has 1 aliphatic heterocycles. The van der Waals surface area contributed by atoms with E-state index in [0.29, 0.717) is 5.41 Å². The van der Waals surface area contributed by atoms with Crippen LogP contribution < -0.4 is 4.74 Å². The van der Waals surface area contributed by atoms with E-state index in [9.17, 15) is 0 Å². The Morgan fingerprint density at radius 2 is 1.93 bits per heavy atom. The second kappa shape index (κ2) is 3.86. The zero-order chi connectivity index (χ0) is 10.9. The molecule has 0 N–H and O–H groups in total. The first-order valence-electron chi connectivity index (χ1n) is 5.36. The minimum absolute atomic E-state index is 0.255. The molecule has 0 saturated carbocycles. The van der Waals surface area contributed by atoms with Crippen molar-refractivity contribution in [2.45, 2.75) is 26.4 Å². The molecule has 0 amide bonds. The van der Waals surface area contributed by atoms with E-state index in [0.717, 1.165) is 18.8 Å². The highest BCUT2D eigenvalue weighted by molar-refractivity contribution is 5.29. The van der Waals surface area contributed by atoms with E-state index < -0.39 is 0 Å². The molecule has 1 heterocycles. The summed E-state index contributed by atoms with van der Waals surface area (Å²) >= 11 is 0. The smallest absolute Gasteiger partial charge is 0.118 e. The summed E-state index contributed by atoms with van der Waals surface area (Å²) in [6.07, 6.45) is 1.35. The van der Waals surface area contributed by atoms with E-state index in [1.807, 2.05) is 12.1 Å². The summed E-state index contributed by atoms with van der Waals surface area (Å²) in [5, 5.41) is 0. The quantitative estimate of drug-likeness (QED) is 0.740. The van der Waals surface area contributed by atoms with E-state index in [4.69, 9.17) is 9.47 Å². The lowest BCUT2D eigenvalue weighted by Gasteiger charge is -2.14. The fourth-order valence-corrected chi connectivity index (χ4v) is 1.98. The fourth-order valence-electron chi connectivity index (χ4n) is 1.98. The zero-order valence-corrected chi connectivity index (χ0v) is 9.62. The third-order valence-corrected chi connectivity index (χ3v) is 2.90. The molecule has 1 aliphatic rings. The third-order valence-electron chi connectivity index (χ3n) is 2.90. The van der Waals surface area contributed by atoms with Crippen molar-refractivity contribution in [2.75, 3.05) is 13.7 Å². The van der Waals surface area contributed by atoms with Crippen molar-refractivity contribution in [3.05, 3.63) is 29.8 Å². The predicted octanol–water partition coefficient (Wildman–Crippen LogP) is 3.18. The van der Waals surface area contributed by atoms with E-state index in [-0.39, 0.29) is 6.10 Å². The van der Waals surface area contributed by atoms with Gasteiger partial charge in [-0.05, 0) is 29.5 Å². The number of ether oxygens (including phenoxy) is 2. The maximum atomic E-state index is 5.79. The molecule has 0 aliphatic carbocycles. The van der Waals surface area contributed by atoms with E-state index in [1.165, 1.54) is 5.56 Å². The van der Waals surface area contributed by atoms with E-state index >= 15 is 0 Å². The van der Waals surface area contributed by atoms with Gasteiger partial charge in [-0.1, -0.05) is 26.0 Å². The standard InChI is InChI=1S/C13H18O2/c1-13(2)8-12(15-9-13)10-4-6-11(14-3)7-5-10/h4-7,12H,8-9H2,1-3H3/t12-/m0/s1. The minimum Gasteiger partial charge on any atom is -0.497 e. The van der Waals surface area contributed by atoms with Crippen molar-refractivity contribution in [1.29, 1.82) is 0 Å². The van der Waals surface area contributed by atoms with Crippen LogP contribution >= 0.6 is 0 Å². The van der Waals surface area contributed by atoms with Crippen molar-refractivity contribution in [1.82, 2.24) is 0 Å². The highest BCUT2D eigenvalue weighted by Gasteiger charge is 2.32. The van der Waals surface area contributed by atoms with Gasteiger partial charge in [0.2, 0.25) is 0 Å². The molecule has 1 fully saturated rings. The Labute approximate surface area is 91.2 Å². The van der Waals surface area contributed by atoms with E-state index in [2.05, 4.69) is 26.0 Å². The molecule has 2 rings (SSSR count). The Kier molecular flexibility index (Phi) is 2.70. The van der Waals surface area contributed by atoms with Gasteiger partial charge in [0.05, 0.1) is 19.8 Å². The molecule has 0 bridgehead atoms. The highest BCUT2D eigenvalue weighted by Crippen LogP contribution is 2.40. The van der Waals surface area contributed by atoms with Gasteiger partial charge in [-0.25, -0.2) is 0 Å². The fraction of sp³-hybridized carbons (Fsp3) is 0.538.